The molecular formula is C20H21ClN2. The van der Waals surface area contributed by atoms with Crippen molar-refractivity contribution in [3.63, 3.8) is 0 Å². The first-order valence-corrected chi connectivity index (χ1v) is 8.28. The summed E-state index contributed by atoms with van der Waals surface area (Å²) in [5.74, 6) is 0. The summed E-state index contributed by atoms with van der Waals surface area (Å²) in [6.45, 7) is 1.33. The molecule has 0 fully saturated rings. The predicted molar refractivity (Wildman–Crippen MR) is 98.8 cm³/mol. The van der Waals surface area contributed by atoms with Crippen LogP contribution in [0.5, 0.6) is 0 Å². The van der Waals surface area contributed by atoms with Crippen molar-refractivity contribution < 1.29 is 0 Å². The highest BCUT2D eigenvalue weighted by Gasteiger charge is 2.09. The summed E-state index contributed by atoms with van der Waals surface area (Å²) in [4.78, 5) is 0. The molecule has 3 aromatic carbocycles. The van der Waals surface area contributed by atoms with Crippen molar-refractivity contribution in [1.82, 2.24) is 5.32 Å². The van der Waals surface area contributed by atoms with Gasteiger partial charge in [0, 0.05) is 24.2 Å². The Kier molecular flexibility index (Phi) is 5.29. The zero-order valence-electron chi connectivity index (χ0n) is 13.0. The Morgan fingerprint density at radius 3 is 2.43 bits per heavy atom. The maximum absolute atomic E-state index is 6.21. The molecule has 0 aliphatic rings. The molecule has 0 aliphatic carbocycles. The number of hydrogen-bond donors (Lipinski definition) is 2. The quantitative estimate of drug-likeness (QED) is 0.714. The largest absolute Gasteiger partial charge is 0.329 e. The molecule has 0 saturated heterocycles. The fourth-order valence-corrected chi connectivity index (χ4v) is 2.99. The molecular weight excluding hydrogens is 304 g/mol. The summed E-state index contributed by atoms with van der Waals surface area (Å²) < 4.78 is 0. The van der Waals surface area contributed by atoms with Crippen LogP contribution in [0.15, 0.2) is 66.7 Å². The van der Waals surface area contributed by atoms with E-state index in [1.807, 2.05) is 24.3 Å². The lowest BCUT2D eigenvalue weighted by molar-refractivity contribution is 0.516. The van der Waals surface area contributed by atoms with Crippen molar-refractivity contribution in [2.24, 2.45) is 5.73 Å². The van der Waals surface area contributed by atoms with Gasteiger partial charge in [-0.2, -0.15) is 0 Å². The highest BCUT2D eigenvalue weighted by molar-refractivity contribution is 6.31. The van der Waals surface area contributed by atoms with Crippen LogP contribution in [-0.2, 0) is 13.0 Å². The van der Waals surface area contributed by atoms with Gasteiger partial charge in [-0.05, 0) is 34.4 Å². The molecule has 0 heterocycles. The Morgan fingerprint density at radius 1 is 0.913 bits per heavy atom. The summed E-state index contributed by atoms with van der Waals surface area (Å²) in [6.07, 6.45) is 0.909. The maximum Gasteiger partial charge on any atom is 0.0450 e. The first-order chi connectivity index (χ1) is 11.3. The molecule has 3 heteroatoms. The van der Waals surface area contributed by atoms with E-state index in [9.17, 15) is 0 Å². The van der Waals surface area contributed by atoms with E-state index in [1.54, 1.807) is 0 Å². The average Bonchev–Trinajstić information content (AvgIpc) is 2.59. The number of halogens is 1. The normalized spacial score (nSPS) is 12.4. The number of nitrogens with two attached hydrogens (primary N) is 1. The van der Waals surface area contributed by atoms with Crippen molar-refractivity contribution in [3.8, 4) is 0 Å². The van der Waals surface area contributed by atoms with Crippen LogP contribution in [0, 0.1) is 0 Å². The SMILES string of the molecule is NCC(Cc1ccc2ccccc2c1)NCc1ccccc1Cl. The Hall–Kier alpha value is -1.87. The third-order valence-electron chi connectivity index (χ3n) is 4.12. The molecule has 3 aromatic rings. The van der Waals surface area contributed by atoms with E-state index in [0.717, 1.165) is 23.6 Å². The minimum absolute atomic E-state index is 0.229. The summed E-state index contributed by atoms with van der Waals surface area (Å²) in [5.41, 5.74) is 8.34. The fraction of sp³-hybridized carbons (Fsp3) is 0.200. The number of hydrogen-bond acceptors (Lipinski definition) is 2. The predicted octanol–water partition coefficient (Wildman–Crippen LogP) is 4.15. The van der Waals surface area contributed by atoms with Crippen molar-refractivity contribution in [3.05, 3.63) is 82.9 Å². The monoisotopic (exact) mass is 324 g/mol. The Labute approximate surface area is 142 Å². The molecule has 118 valence electrons. The lowest BCUT2D eigenvalue weighted by Crippen LogP contribution is -2.37. The minimum Gasteiger partial charge on any atom is -0.329 e. The smallest absolute Gasteiger partial charge is 0.0450 e. The van der Waals surface area contributed by atoms with Crippen LogP contribution >= 0.6 is 11.6 Å². The molecule has 3 rings (SSSR count). The first-order valence-electron chi connectivity index (χ1n) is 7.91. The fourth-order valence-electron chi connectivity index (χ4n) is 2.79. The molecule has 0 aliphatic heterocycles. The lowest BCUT2D eigenvalue weighted by Gasteiger charge is -2.18. The van der Waals surface area contributed by atoms with Gasteiger partial charge < -0.3 is 11.1 Å². The maximum atomic E-state index is 6.21. The number of nitrogens with one attached hydrogen (secondary N) is 1. The van der Waals surface area contributed by atoms with E-state index in [4.69, 9.17) is 17.3 Å². The van der Waals surface area contributed by atoms with Crippen molar-refractivity contribution in [1.29, 1.82) is 0 Å². The molecule has 0 amide bonds. The summed E-state index contributed by atoms with van der Waals surface area (Å²) in [5, 5.41) is 6.85. The van der Waals surface area contributed by atoms with Crippen LogP contribution < -0.4 is 11.1 Å². The van der Waals surface area contributed by atoms with Crippen LogP contribution in [0.4, 0.5) is 0 Å². The second-order valence-electron chi connectivity index (χ2n) is 5.79. The second kappa shape index (κ2) is 7.60. The zero-order chi connectivity index (χ0) is 16.1. The van der Waals surface area contributed by atoms with Crippen LogP contribution in [0.3, 0.4) is 0 Å². The second-order valence-corrected chi connectivity index (χ2v) is 6.20. The van der Waals surface area contributed by atoms with E-state index >= 15 is 0 Å². The number of benzene rings is 3. The van der Waals surface area contributed by atoms with Gasteiger partial charge in [0.15, 0.2) is 0 Å². The van der Waals surface area contributed by atoms with Gasteiger partial charge in [-0.15, -0.1) is 0 Å². The van der Waals surface area contributed by atoms with Gasteiger partial charge in [0.2, 0.25) is 0 Å². The molecule has 0 spiro atoms. The van der Waals surface area contributed by atoms with Gasteiger partial charge in [-0.3, -0.25) is 0 Å². The molecule has 0 aromatic heterocycles. The molecule has 0 saturated carbocycles. The highest BCUT2D eigenvalue weighted by atomic mass is 35.5. The summed E-state index contributed by atoms with van der Waals surface area (Å²) in [7, 11) is 0. The Morgan fingerprint density at radius 2 is 1.65 bits per heavy atom. The van der Waals surface area contributed by atoms with Crippen molar-refractivity contribution >= 4 is 22.4 Å². The van der Waals surface area contributed by atoms with Crippen molar-refractivity contribution in [2.75, 3.05) is 6.54 Å². The molecule has 0 bridgehead atoms. The van der Waals surface area contributed by atoms with Crippen molar-refractivity contribution in [2.45, 2.75) is 19.0 Å². The lowest BCUT2D eigenvalue weighted by atomic mass is 10.0. The van der Waals surface area contributed by atoms with Gasteiger partial charge >= 0.3 is 0 Å². The summed E-state index contributed by atoms with van der Waals surface area (Å²) >= 11 is 6.21. The van der Waals surface area contributed by atoms with E-state index in [-0.39, 0.29) is 6.04 Å². The third kappa shape index (κ3) is 4.11. The minimum atomic E-state index is 0.229. The van der Waals surface area contributed by atoms with Crippen LogP contribution in [0.25, 0.3) is 10.8 Å². The Bertz CT molecular complexity index is 785. The molecule has 1 atom stereocenters. The molecule has 3 N–H and O–H groups in total. The van der Waals surface area contributed by atoms with Gasteiger partial charge in [-0.1, -0.05) is 72.3 Å². The van der Waals surface area contributed by atoms with E-state index in [0.29, 0.717) is 6.54 Å². The molecule has 23 heavy (non-hydrogen) atoms. The molecule has 2 nitrogen and oxygen atoms in total. The van der Waals surface area contributed by atoms with Gasteiger partial charge in [0.1, 0.15) is 0 Å². The topological polar surface area (TPSA) is 38.0 Å². The molecule has 0 radical (unpaired) electrons. The molecule has 1 unspecified atom stereocenters. The third-order valence-corrected chi connectivity index (χ3v) is 4.49. The number of rotatable bonds is 6. The van der Waals surface area contributed by atoms with Gasteiger partial charge in [-0.25, -0.2) is 0 Å². The standard InChI is InChI=1S/C20H21ClN2/c21-20-8-4-3-7-18(20)14-23-19(13-22)12-15-9-10-16-5-1-2-6-17(16)11-15/h1-11,19,23H,12-14,22H2. The average molecular weight is 325 g/mol. The van der Waals surface area contributed by atoms with E-state index in [1.165, 1.54) is 16.3 Å². The highest BCUT2D eigenvalue weighted by Crippen LogP contribution is 2.17. The zero-order valence-corrected chi connectivity index (χ0v) is 13.8. The number of fused-ring (bicyclic) bond motifs is 1. The van der Waals surface area contributed by atoms with E-state index < -0.39 is 0 Å². The Balaban J connectivity index is 1.67. The van der Waals surface area contributed by atoms with Crippen LogP contribution in [0.1, 0.15) is 11.1 Å². The van der Waals surface area contributed by atoms with Crippen LogP contribution in [0.2, 0.25) is 5.02 Å². The summed E-state index contributed by atoms with van der Waals surface area (Å²) in [6, 6.07) is 23.2. The van der Waals surface area contributed by atoms with E-state index in [2.05, 4.69) is 47.8 Å². The first kappa shape index (κ1) is 16.0. The van der Waals surface area contributed by atoms with Crippen LogP contribution in [-0.4, -0.2) is 12.6 Å². The van der Waals surface area contributed by atoms with Gasteiger partial charge in [0.05, 0.1) is 0 Å². The van der Waals surface area contributed by atoms with Gasteiger partial charge in [0.25, 0.3) is 0 Å².